The van der Waals surface area contributed by atoms with Crippen molar-refractivity contribution >= 4 is 17.5 Å². The first-order valence-electron chi connectivity index (χ1n) is 7.99. The van der Waals surface area contributed by atoms with E-state index in [4.69, 9.17) is 0 Å². The molecule has 1 aliphatic heterocycles. The maximum absolute atomic E-state index is 12.8. The molecular weight excluding hydrogens is 333 g/mol. The Morgan fingerprint density at radius 1 is 1.08 bits per heavy atom. The number of alkyl halides is 3. The van der Waals surface area contributed by atoms with Gasteiger partial charge in [0.25, 0.3) is 5.91 Å². The molecule has 25 heavy (non-hydrogen) atoms. The Bertz CT molecular complexity index is 758. The van der Waals surface area contributed by atoms with E-state index in [1.54, 1.807) is 6.07 Å². The molecule has 5 nitrogen and oxygen atoms in total. The van der Waals surface area contributed by atoms with Gasteiger partial charge in [0.2, 0.25) is 0 Å². The molecule has 0 spiro atoms. The Morgan fingerprint density at radius 3 is 2.56 bits per heavy atom. The third-order valence-corrected chi connectivity index (χ3v) is 4.03. The number of piperidine rings is 1. The van der Waals surface area contributed by atoms with Crippen LogP contribution in [0.15, 0.2) is 36.7 Å². The van der Waals surface area contributed by atoms with Crippen LogP contribution in [0, 0.1) is 0 Å². The molecule has 2 heterocycles. The van der Waals surface area contributed by atoms with E-state index in [9.17, 15) is 18.0 Å². The molecule has 2 aromatic rings. The van der Waals surface area contributed by atoms with Crippen molar-refractivity contribution in [1.82, 2.24) is 9.97 Å². The van der Waals surface area contributed by atoms with Crippen LogP contribution >= 0.6 is 0 Å². The molecule has 132 valence electrons. The zero-order valence-corrected chi connectivity index (χ0v) is 13.4. The van der Waals surface area contributed by atoms with Crippen molar-refractivity contribution in [2.75, 3.05) is 23.3 Å². The Hall–Kier alpha value is -2.64. The summed E-state index contributed by atoms with van der Waals surface area (Å²) in [4.78, 5) is 22.5. The molecule has 0 unspecified atom stereocenters. The number of carbonyl (C=O) groups is 1. The van der Waals surface area contributed by atoms with E-state index in [0.717, 1.165) is 38.1 Å². The van der Waals surface area contributed by atoms with Gasteiger partial charge in [-0.25, -0.2) is 9.97 Å². The third-order valence-electron chi connectivity index (χ3n) is 4.03. The molecule has 0 saturated carbocycles. The van der Waals surface area contributed by atoms with Gasteiger partial charge in [-0.05, 0) is 37.5 Å². The summed E-state index contributed by atoms with van der Waals surface area (Å²) in [5.41, 5.74) is -0.940. The molecule has 1 aromatic heterocycles. The van der Waals surface area contributed by atoms with Crippen LogP contribution in [0.5, 0.6) is 0 Å². The van der Waals surface area contributed by atoms with E-state index in [1.165, 1.54) is 24.9 Å². The quantitative estimate of drug-likeness (QED) is 0.916. The zero-order valence-electron chi connectivity index (χ0n) is 13.4. The number of nitrogens with one attached hydrogen (secondary N) is 1. The number of halogens is 3. The van der Waals surface area contributed by atoms with Crippen molar-refractivity contribution in [3.8, 4) is 0 Å². The fraction of sp³-hybridized carbons (Fsp3) is 0.353. The van der Waals surface area contributed by atoms with Crippen LogP contribution in [0.2, 0.25) is 0 Å². The van der Waals surface area contributed by atoms with Crippen LogP contribution < -0.4 is 10.2 Å². The third kappa shape index (κ3) is 4.26. The van der Waals surface area contributed by atoms with Crippen molar-refractivity contribution in [2.45, 2.75) is 25.4 Å². The molecule has 1 amide bonds. The normalized spacial score (nSPS) is 15.1. The molecule has 8 heteroatoms. The summed E-state index contributed by atoms with van der Waals surface area (Å²) in [6.07, 6.45) is 0.185. The van der Waals surface area contributed by atoms with Crippen LogP contribution in [0.1, 0.15) is 35.2 Å². The minimum absolute atomic E-state index is 0.0760. The summed E-state index contributed by atoms with van der Waals surface area (Å²) in [6.45, 7) is 1.77. The Kier molecular flexibility index (Phi) is 4.87. The van der Waals surface area contributed by atoms with Crippen LogP contribution in [0.25, 0.3) is 0 Å². The number of hydrogen-bond acceptors (Lipinski definition) is 4. The molecular formula is C17H17F3N4O. The molecule has 3 rings (SSSR count). The number of rotatable bonds is 3. The Balaban J connectivity index is 1.75. The van der Waals surface area contributed by atoms with Crippen molar-refractivity contribution in [1.29, 1.82) is 0 Å². The first-order chi connectivity index (χ1) is 11.9. The van der Waals surface area contributed by atoms with Crippen LogP contribution in [-0.2, 0) is 6.18 Å². The topological polar surface area (TPSA) is 58.1 Å². The SMILES string of the molecule is O=C(Nc1cc(N2CCCCC2)ncn1)c1cccc(C(F)(F)F)c1. The number of hydrogen-bond donors (Lipinski definition) is 1. The van der Waals surface area contributed by atoms with Crippen LogP contribution in [0.4, 0.5) is 24.8 Å². The van der Waals surface area contributed by atoms with Gasteiger partial charge in [0.15, 0.2) is 0 Å². The van der Waals surface area contributed by atoms with Crippen molar-refractivity contribution in [3.63, 3.8) is 0 Å². The van der Waals surface area contributed by atoms with E-state index >= 15 is 0 Å². The number of anilines is 2. The Morgan fingerprint density at radius 2 is 1.84 bits per heavy atom. The fourth-order valence-electron chi connectivity index (χ4n) is 2.74. The Labute approximate surface area is 142 Å². The number of nitrogens with zero attached hydrogens (tertiary/aromatic N) is 3. The van der Waals surface area contributed by atoms with E-state index in [0.29, 0.717) is 5.82 Å². The molecule has 1 fully saturated rings. The minimum atomic E-state index is -4.49. The maximum Gasteiger partial charge on any atom is 0.416 e. The lowest BCUT2D eigenvalue weighted by molar-refractivity contribution is -0.137. The fourth-order valence-corrected chi connectivity index (χ4v) is 2.74. The molecule has 0 aliphatic carbocycles. The average Bonchev–Trinajstić information content (AvgIpc) is 2.62. The summed E-state index contributed by atoms with van der Waals surface area (Å²) >= 11 is 0. The lowest BCUT2D eigenvalue weighted by Gasteiger charge is -2.27. The van der Waals surface area contributed by atoms with Gasteiger partial charge >= 0.3 is 6.18 Å². The molecule has 1 aromatic carbocycles. The number of amides is 1. The number of aromatic nitrogens is 2. The zero-order chi connectivity index (χ0) is 17.9. The van der Waals surface area contributed by atoms with Gasteiger partial charge in [-0.1, -0.05) is 6.07 Å². The average molecular weight is 350 g/mol. The van der Waals surface area contributed by atoms with Gasteiger partial charge in [-0.2, -0.15) is 13.2 Å². The van der Waals surface area contributed by atoms with Gasteiger partial charge < -0.3 is 10.2 Å². The second-order valence-electron chi connectivity index (χ2n) is 5.84. The summed E-state index contributed by atoms with van der Waals surface area (Å²) in [7, 11) is 0. The van der Waals surface area contributed by atoms with Crippen LogP contribution in [-0.4, -0.2) is 29.0 Å². The second-order valence-corrected chi connectivity index (χ2v) is 5.84. The molecule has 1 saturated heterocycles. The lowest BCUT2D eigenvalue weighted by Crippen LogP contribution is -2.30. The monoisotopic (exact) mass is 350 g/mol. The highest BCUT2D eigenvalue weighted by Crippen LogP contribution is 2.29. The molecule has 0 atom stereocenters. The smallest absolute Gasteiger partial charge is 0.356 e. The van der Waals surface area contributed by atoms with Gasteiger partial charge in [0.1, 0.15) is 18.0 Å². The largest absolute Gasteiger partial charge is 0.416 e. The van der Waals surface area contributed by atoms with Crippen molar-refractivity contribution in [2.24, 2.45) is 0 Å². The van der Waals surface area contributed by atoms with E-state index in [-0.39, 0.29) is 11.4 Å². The van der Waals surface area contributed by atoms with E-state index in [2.05, 4.69) is 20.2 Å². The highest BCUT2D eigenvalue weighted by molar-refractivity contribution is 6.04. The van der Waals surface area contributed by atoms with E-state index < -0.39 is 17.6 Å². The van der Waals surface area contributed by atoms with Gasteiger partial charge in [-0.3, -0.25) is 4.79 Å². The van der Waals surface area contributed by atoms with Crippen molar-refractivity contribution < 1.29 is 18.0 Å². The summed E-state index contributed by atoms with van der Waals surface area (Å²) in [5, 5.41) is 2.53. The first-order valence-corrected chi connectivity index (χ1v) is 7.99. The van der Waals surface area contributed by atoms with Crippen molar-refractivity contribution in [3.05, 3.63) is 47.8 Å². The first kappa shape index (κ1) is 17.2. The molecule has 0 radical (unpaired) electrons. The minimum Gasteiger partial charge on any atom is -0.356 e. The lowest BCUT2D eigenvalue weighted by atomic mass is 10.1. The predicted octanol–water partition coefficient (Wildman–Crippen LogP) is 3.74. The standard InChI is InChI=1S/C17H17F3N4O/c18-17(19,20)13-6-4-5-12(9-13)16(25)23-14-10-15(22-11-21-14)24-7-2-1-3-8-24/h4-6,9-11H,1-3,7-8H2,(H,21,22,23,25). The maximum atomic E-state index is 12.8. The summed E-state index contributed by atoms with van der Waals surface area (Å²) in [5.74, 6) is 0.321. The summed E-state index contributed by atoms with van der Waals surface area (Å²) in [6, 6.07) is 5.92. The molecule has 1 aliphatic rings. The molecule has 0 bridgehead atoms. The highest BCUT2D eigenvalue weighted by atomic mass is 19.4. The highest BCUT2D eigenvalue weighted by Gasteiger charge is 2.30. The van der Waals surface area contributed by atoms with Gasteiger partial charge in [0.05, 0.1) is 5.56 Å². The molecule has 1 N–H and O–H groups in total. The van der Waals surface area contributed by atoms with Crippen LogP contribution in [0.3, 0.4) is 0 Å². The summed E-state index contributed by atoms with van der Waals surface area (Å²) < 4.78 is 38.3. The van der Waals surface area contributed by atoms with E-state index in [1.807, 2.05) is 0 Å². The number of benzene rings is 1. The van der Waals surface area contributed by atoms with Gasteiger partial charge in [-0.15, -0.1) is 0 Å². The number of carbonyl (C=O) groups excluding carboxylic acids is 1. The predicted molar refractivity (Wildman–Crippen MR) is 87.5 cm³/mol. The second kappa shape index (κ2) is 7.08. The van der Waals surface area contributed by atoms with Gasteiger partial charge in [0, 0.05) is 24.7 Å².